The van der Waals surface area contributed by atoms with E-state index >= 15 is 0 Å². The highest BCUT2D eigenvalue weighted by Crippen LogP contribution is 2.45. The first kappa shape index (κ1) is 13.8. The van der Waals surface area contributed by atoms with Crippen molar-refractivity contribution in [1.29, 1.82) is 0 Å². The maximum absolute atomic E-state index is 5.49. The van der Waals surface area contributed by atoms with E-state index in [1.54, 1.807) is 14.2 Å². The van der Waals surface area contributed by atoms with Gasteiger partial charge in [0.05, 0.1) is 14.2 Å². The molecular formula is C18H21NO2. The molecule has 1 aliphatic rings. The van der Waals surface area contributed by atoms with E-state index in [0.29, 0.717) is 0 Å². The van der Waals surface area contributed by atoms with Crippen LogP contribution < -0.4 is 9.47 Å². The second-order valence-electron chi connectivity index (χ2n) is 5.71. The van der Waals surface area contributed by atoms with Crippen molar-refractivity contribution in [2.24, 2.45) is 0 Å². The minimum absolute atomic E-state index is 0.0849. The van der Waals surface area contributed by atoms with Gasteiger partial charge in [-0.15, -0.1) is 6.58 Å². The lowest BCUT2D eigenvalue weighted by Crippen LogP contribution is -2.32. The van der Waals surface area contributed by atoms with E-state index in [0.717, 1.165) is 24.5 Å². The molecule has 3 rings (SSSR count). The minimum atomic E-state index is -0.0849. The topological polar surface area (TPSA) is 23.4 Å². The van der Waals surface area contributed by atoms with E-state index in [1.165, 1.54) is 16.8 Å². The number of benzene rings is 1. The number of fused-ring (bicyclic) bond motifs is 2. The van der Waals surface area contributed by atoms with E-state index in [-0.39, 0.29) is 5.41 Å². The molecule has 3 nitrogen and oxygen atoms in total. The molecule has 0 saturated carbocycles. The standard InChI is InChI=1S/C18H21NO2/c1-5-8-18(2)14-11-16(21-4)15(20-3)10-13(14)12-19-9-6-7-17(18)19/h5-7,9-11H,1,8,12H2,2-4H3. The largest absolute Gasteiger partial charge is 0.493 e. The highest BCUT2D eigenvalue weighted by molar-refractivity contribution is 5.54. The third-order valence-corrected chi connectivity index (χ3v) is 4.49. The van der Waals surface area contributed by atoms with Gasteiger partial charge in [0.2, 0.25) is 0 Å². The van der Waals surface area contributed by atoms with E-state index in [9.17, 15) is 0 Å². The van der Waals surface area contributed by atoms with Crippen LogP contribution in [0.4, 0.5) is 0 Å². The van der Waals surface area contributed by atoms with Crippen LogP contribution in [0.25, 0.3) is 0 Å². The molecule has 21 heavy (non-hydrogen) atoms. The number of ether oxygens (including phenoxy) is 2. The Hall–Kier alpha value is -2.16. The van der Waals surface area contributed by atoms with Crippen molar-refractivity contribution in [1.82, 2.24) is 4.57 Å². The Morgan fingerprint density at radius 1 is 1.29 bits per heavy atom. The van der Waals surface area contributed by atoms with Crippen LogP contribution in [0.1, 0.15) is 30.2 Å². The van der Waals surface area contributed by atoms with Crippen molar-refractivity contribution >= 4 is 0 Å². The molecule has 0 spiro atoms. The van der Waals surface area contributed by atoms with Crippen molar-refractivity contribution in [3.8, 4) is 11.5 Å². The molecule has 1 aromatic heterocycles. The lowest BCUT2D eigenvalue weighted by Gasteiger charge is -2.37. The Morgan fingerprint density at radius 2 is 2.00 bits per heavy atom. The van der Waals surface area contributed by atoms with E-state index < -0.39 is 0 Å². The van der Waals surface area contributed by atoms with Crippen LogP contribution in [0.15, 0.2) is 43.1 Å². The van der Waals surface area contributed by atoms with Gasteiger partial charge in [-0.2, -0.15) is 0 Å². The Kier molecular flexibility index (Phi) is 3.28. The van der Waals surface area contributed by atoms with E-state index in [1.807, 2.05) is 6.08 Å². The zero-order chi connectivity index (χ0) is 15.0. The van der Waals surface area contributed by atoms with Gasteiger partial charge in [-0.25, -0.2) is 0 Å². The number of nitrogens with zero attached hydrogens (tertiary/aromatic N) is 1. The highest BCUT2D eigenvalue weighted by Gasteiger charge is 2.36. The Morgan fingerprint density at radius 3 is 2.67 bits per heavy atom. The first-order valence-corrected chi connectivity index (χ1v) is 7.16. The number of allylic oxidation sites excluding steroid dienone is 1. The summed E-state index contributed by atoms with van der Waals surface area (Å²) in [5.74, 6) is 1.57. The summed E-state index contributed by atoms with van der Waals surface area (Å²) in [7, 11) is 3.36. The summed E-state index contributed by atoms with van der Waals surface area (Å²) in [6, 6.07) is 8.52. The second-order valence-corrected chi connectivity index (χ2v) is 5.71. The zero-order valence-electron chi connectivity index (χ0n) is 12.8. The lowest BCUT2D eigenvalue weighted by atomic mass is 9.72. The van der Waals surface area contributed by atoms with Gasteiger partial charge in [0.1, 0.15) is 0 Å². The summed E-state index contributed by atoms with van der Waals surface area (Å²) in [6.45, 7) is 7.08. The summed E-state index contributed by atoms with van der Waals surface area (Å²) in [4.78, 5) is 0. The number of hydrogen-bond donors (Lipinski definition) is 0. The molecule has 1 aliphatic heterocycles. The third kappa shape index (κ3) is 1.96. The fourth-order valence-corrected chi connectivity index (χ4v) is 3.44. The summed E-state index contributed by atoms with van der Waals surface area (Å²) >= 11 is 0. The Balaban J connectivity index is 2.24. The molecule has 2 aromatic rings. The zero-order valence-corrected chi connectivity index (χ0v) is 12.8. The molecule has 110 valence electrons. The van der Waals surface area contributed by atoms with Gasteiger partial charge in [0.15, 0.2) is 11.5 Å². The van der Waals surface area contributed by atoms with Gasteiger partial charge in [-0.3, -0.25) is 0 Å². The number of methoxy groups -OCH3 is 2. The van der Waals surface area contributed by atoms with Gasteiger partial charge in [-0.05, 0) is 48.7 Å². The monoisotopic (exact) mass is 283 g/mol. The van der Waals surface area contributed by atoms with E-state index in [4.69, 9.17) is 9.47 Å². The van der Waals surface area contributed by atoms with Gasteiger partial charge in [-0.1, -0.05) is 6.08 Å². The van der Waals surface area contributed by atoms with Crippen LogP contribution >= 0.6 is 0 Å². The van der Waals surface area contributed by atoms with Gasteiger partial charge in [0.25, 0.3) is 0 Å². The predicted molar refractivity (Wildman–Crippen MR) is 84.3 cm³/mol. The summed E-state index contributed by atoms with van der Waals surface area (Å²) in [5.41, 5.74) is 3.81. The molecule has 0 saturated heterocycles. The molecule has 1 unspecified atom stereocenters. The first-order chi connectivity index (χ1) is 10.1. The van der Waals surface area contributed by atoms with Crippen LogP contribution in [0.5, 0.6) is 11.5 Å². The fraction of sp³-hybridized carbons (Fsp3) is 0.333. The lowest BCUT2D eigenvalue weighted by molar-refractivity contribution is 0.351. The maximum atomic E-state index is 5.49. The van der Waals surface area contributed by atoms with Gasteiger partial charge < -0.3 is 14.0 Å². The molecule has 0 fully saturated rings. The normalized spacial score (nSPS) is 19.6. The van der Waals surface area contributed by atoms with Crippen LogP contribution in [-0.4, -0.2) is 18.8 Å². The predicted octanol–water partition coefficient (Wildman–Crippen LogP) is 3.75. The van der Waals surface area contributed by atoms with Gasteiger partial charge in [0, 0.05) is 23.9 Å². The molecule has 0 aliphatic carbocycles. The van der Waals surface area contributed by atoms with Gasteiger partial charge >= 0.3 is 0 Å². The maximum Gasteiger partial charge on any atom is 0.161 e. The Bertz CT molecular complexity index is 687. The average Bonchev–Trinajstić information content (AvgIpc) is 2.96. The average molecular weight is 283 g/mol. The fourth-order valence-electron chi connectivity index (χ4n) is 3.44. The summed E-state index contributed by atoms with van der Waals surface area (Å²) in [6.07, 6.45) is 5.01. The summed E-state index contributed by atoms with van der Waals surface area (Å²) in [5, 5.41) is 0. The quantitative estimate of drug-likeness (QED) is 0.798. The highest BCUT2D eigenvalue weighted by atomic mass is 16.5. The first-order valence-electron chi connectivity index (χ1n) is 7.16. The van der Waals surface area contributed by atoms with Crippen molar-refractivity contribution in [2.75, 3.05) is 14.2 Å². The molecule has 0 N–H and O–H groups in total. The molecule has 2 heterocycles. The smallest absolute Gasteiger partial charge is 0.161 e. The molecule has 0 amide bonds. The molecule has 0 bridgehead atoms. The number of hydrogen-bond acceptors (Lipinski definition) is 2. The molecule has 1 aromatic carbocycles. The van der Waals surface area contributed by atoms with Crippen LogP contribution in [0, 0.1) is 0 Å². The number of aromatic nitrogens is 1. The van der Waals surface area contributed by atoms with Crippen LogP contribution in [-0.2, 0) is 12.0 Å². The van der Waals surface area contributed by atoms with Crippen LogP contribution in [0.2, 0.25) is 0 Å². The molecular weight excluding hydrogens is 262 g/mol. The Labute approximate surface area is 125 Å². The van der Waals surface area contributed by atoms with Crippen molar-refractivity contribution in [2.45, 2.75) is 25.3 Å². The number of rotatable bonds is 4. The molecule has 3 heteroatoms. The van der Waals surface area contributed by atoms with Crippen molar-refractivity contribution in [3.05, 3.63) is 59.9 Å². The minimum Gasteiger partial charge on any atom is -0.493 e. The second kappa shape index (κ2) is 4.99. The van der Waals surface area contributed by atoms with Crippen LogP contribution in [0.3, 0.4) is 0 Å². The van der Waals surface area contributed by atoms with E-state index in [2.05, 4.69) is 48.5 Å². The van der Waals surface area contributed by atoms with Crippen molar-refractivity contribution < 1.29 is 9.47 Å². The molecule has 1 atom stereocenters. The summed E-state index contributed by atoms with van der Waals surface area (Å²) < 4.78 is 13.2. The van der Waals surface area contributed by atoms with Crippen molar-refractivity contribution in [3.63, 3.8) is 0 Å². The SMILES string of the molecule is C=CCC1(C)c2cc(OC)c(OC)cc2Cn2cccc21. The molecule has 0 radical (unpaired) electrons. The third-order valence-electron chi connectivity index (χ3n) is 4.49.